The second-order valence-electron chi connectivity index (χ2n) is 15.0. The number of nitrogens with one attached hydrogen (secondary N) is 4. The number of carbonyl (C=O) groups is 2. The second-order valence-corrected chi connectivity index (χ2v) is 17.0. The van der Waals surface area contributed by atoms with Crippen LogP contribution in [0.15, 0.2) is 0 Å². The Bertz CT molecular complexity index is 1220. The molecule has 1 aromatic heterocycles. The summed E-state index contributed by atoms with van der Waals surface area (Å²) in [5.41, 5.74) is 3.85. The van der Waals surface area contributed by atoms with Crippen LogP contribution in [0.5, 0.6) is 0 Å². The number of rotatable bonds is 21. The van der Waals surface area contributed by atoms with E-state index in [1.807, 2.05) is 0 Å². The SMILES string of the molecule is CCCCCc1c(C(=O)CCCOCCCOC)c2nc(c1C(=O)CCCOCCOC)CN[C@@H]1CCCC[C@H]1NCCN[C@@H]1CCCC[C@H]1NC2.[Cl][Mn][Cl]. The van der Waals surface area contributed by atoms with E-state index in [1.165, 1.54) is 25.7 Å². The van der Waals surface area contributed by atoms with Crippen LogP contribution in [0.2, 0.25) is 0 Å². The minimum atomic E-state index is 0.00694. The van der Waals surface area contributed by atoms with Crippen LogP contribution in [0.4, 0.5) is 0 Å². The fourth-order valence-corrected chi connectivity index (χ4v) is 8.25. The first kappa shape index (κ1) is 48.6. The molecular weight excluding hydrogens is 784 g/mol. The standard InChI is InChI=1S/C41H71N5O6.2ClH.Mn/c1-4-5-6-14-31-40(38(47)19-11-24-51-26-13-23-49-2)36-29-44-34-17-9-7-15-32(34)42-21-22-43-33-16-8-10-18-35(33)45-30-37(46-36)41(31)39(48)20-12-25-52-28-27-50-3;;;/h32-35,42-45H,4-30H2,1-3H3;2*1H;/q;;;+2/p-2/t32-,33-,34-,35-;;;/m1.../s1. The first-order valence-corrected chi connectivity index (χ1v) is 24.3. The van der Waals surface area contributed by atoms with Crippen molar-refractivity contribution in [2.75, 3.05) is 67.0 Å². The van der Waals surface area contributed by atoms with E-state index in [1.54, 1.807) is 14.2 Å². The van der Waals surface area contributed by atoms with Crippen molar-refractivity contribution in [2.24, 2.45) is 0 Å². The molecule has 2 bridgehead atoms. The molecule has 11 nitrogen and oxygen atoms in total. The fourth-order valence-electron chi connectivity index (χ4n) is 8.25. The van der Waals surface area contributed by atoms with Crippen molar-refractivity contribution in [1.82, 2.24) is 26.3 Å². The van der Waals surface area contributed by atoms with Gasteiger partial charge in [-0.2, -0.15) is 0 Å². The van der Waals surface area contributed by atoms with Crippen LogP contribution in [0.1, 0.15) is 147 Å². The molecule has 2 heterocycles. The summed E-state index contributed by atoms with van der Waals surface area (Å²) in [6.45, 7) is 8.41. The topological polar surface area (TPSA) is 132 Å². The number of hydrogen-bond donors (Lipinski definition) is 4. The molecule has 0 unspecified atom stereocenters. The minimum absolute atomic E-state index is 0.00694. The van der Waals surface area contributed by atoms with Gasteiger partial charge in [-0.15, -0.1) is 0 Å². The third kappa shape index (κ3) is 18.0. The molecular formula is C41H71Cl2MnN5O6. The quantitative estimate of drug-likeness (QED) is 0.0590. The molecule has 1 aromatic rings. The third-order valence-corrected chi connectivity index (χ3v) is 11.0. The van der Waals surface area contributed by atoms with Gasteiger partial charge in [-0.3, -0.25) is 14.6 Å². The average Bonchev–Trinajstić information content (AvgIpc) is 3.19. The van der Waals surface area contributed by atoms with Crippen molar-refractivity contribution < 1.29 is 41.7 Å². The summed E-state index contributed by atoms with van der Waals surface area (Å²) >= 11 is 0.00694. The number of carbonyl (C=O) groups excluding carboxylic acids is 2. The van der Waals surface area contributed by atoms with Gasteiger partial charge in [0.15, 0.2) is 11.6 Å². The summed E-state index contributed by atoms with van der Waals surface area (Å²) in [6.07, 6.45) is 15.8. The van der Waals surface area contributed by atoms with E-state index in [2.05, 4.69) is 28.2 Å². The van der Waals surface area contributed by atoms with Gasteiger partial charge in [-0.1, -0.05) is 45.4 Å². The Morgan fingerprint density at radius 1 is 0.636 bits per heavy atom. The average molecular weight is 856 g/mol. The van der Waals surface area contributed by atoms with Gasteiger partial charge in [0.25, 0.3) is 0 Å². The van der Waals surface area contributed by atoms with Crippen molar-refractivity contribution in [2.45, 2.75) is 153 Å². The van der Waals surface area contributed by atoms with Crippen LogP contribution in [0.25, 0.3) is 0 Å². The van der Waals surface area contributed by atoms with Crippen molar-refractivity contribution in [1.29, 1.82) is 0 Å². The van der Waals surface area contributed by atoms with Gasteiger partial charge in [-0.25, -0.2) is 0 Å². The summed E-state index contributed by atoms with van der Waals surface area (Å²) in [5.74, 6) is 0.134. The first-order chi connectivity index (χ1) is 27.0. The van der Waals surface area contributed by atoms with Gasteiger partial charge in [0.05, 0.1) is 24.6 Å². The summed E-state index contributed by atoms with van der Waals surface area (Å²) in [7, 11) is 12.9. The molecule has 0 aromatic carbocycles. The normalized spacial score (nSPS) is 22.0. The Hall–Kier alpha value is -0.731. The summed E-state index contributed by atoms with van der Waals surface area (Å²) in [5, 5.41) is 15.5. The van der Waals surface area contributed by atoms with E-state index < -0.39 is 0 Å². The Morgan fingerprint density at radius 3 is 1.56 bits per heavy atom. The van der Waals surface area contributed by atoms with Crippen molar-refractivity contribution in [3.05, 3.63) is 28.1 Å². The van der Waals surface area contributed by atoms with Crippen LogP contribution in [0, 0.1) is 0 Å². The molecule has 4 N–H and O–H groups in total. The van der Waals surface area contributed by atoms with Gasteiger partial charge >= 0.3 is 33.3 Å². The van der Waals surface area contributed by atoms with Crippen LogP contribution >= 0.6 is 20.2 Å². The molecule has 1 aliphatic heterocycles. The van der Waals surface area contributed by atoms with E-state index in [9.17, 15) is 9.59 Å². The van der Waals surface area contributed by atoms with Gasteiger partial charge in [0.2, 0.25) is 0 Å². The number of pyridine rings is 1. The van der Waals surface area contributed by atoms with E-state index in [0.717, 1.165) is 81.4 Å². The number of halogens is 2. The monoisotopic (exact) mass is 854 g/mol. The first-order valence-electron chi connectivity index (χ1n) is 21.0. The van der Waals surface area contributed by atoms with Crippen LogP contribution < -0.4 is 21.3 Å². The number of aromatic nitrogens is 1. The number of methoxy groups -OCH3 is 2. The molecule has 0 radical (unpaired) electrons. The zero-order valence-corrected chi connectivity index (χ0v) is 36.6. The van der Waals surface area contributed by atoms with Crippen LogP contribution in [-0.2, 0) is 51.6 Å². The molecule has 2 fully saturated rings. The third-order valence-electron chi connectivity index (χ3n) is 11.0. The fraction of sp³-hybridized carbons (Fsp3) is 0.829. The Morgan fingerprint density at radius 2 is 1.09 bits per heavy atom. The second kappa shape index (κ2) is 30.3. The number of unbranched alkanes of at least 4 members (excludes halogenated alkanes) is 2. The van der Waals surface area contributed by atoms with Crippen molar-refractivity contribution in [3.63, 3.8) is 0 Å². The molecule has 14 heteroatoms. The molecule has 0 spiro atoms. The Kier molecular flexibility index (Phi) is 26.8. The van der Waals surface area contributed by atoms with Crippen LogP contribution in [0.3, 0.4) is 0 Å². The number of ether oxygens (including phenoxy) is 4. The Labute approximate surface area is 346 Å². The number of fused-ring (bicyclic) bond motifs is 4. The molecule has 4 rings (SSSR count). The van der Waals surface area contributed by atoms with E-state index in [4.69, 9.17) is 44.1 Å². The number of hydrogen-bond acceptors (Lipinski definition) is 11. The molecule has 55 heavy (non-hydrogen) atoms. The van der Waals surface area contributed by atoms with Gasteiger partial charge in [0.1, 0.15) is 0 Å². The summed E-state index contributed by atoms with van der Waals surface area (Å²) in [6, 6.07) is 1.36. The molecule has 2 saturated carbocycles. The maximum absolute atomic E-state index is 14.5. The molecule has 2 aliphatic carbocycles. The molecule has 0 amide bonds. The number of nitrogens with zero attached hydrogens (tertiary/aromatic N) is 1. The molecule has 0 saturated heterocycles. The molecule has 4 atom stereocenters. The van der Waals surface area contributed by atoms with Crippen molar-refractivity contribution >= 4 is 31.8 Å². The Balaban J connectivity index is 0.00000262. The van der Waals surface area contributed by atoms with Gasteiger partial charge in [0, 0.05) is 115 Å². The summed E-state index contributed by atoms with van der Waals surface area (Å²) < 4.78 is 21.8. The molecule has 317 valence electrons. The summed E-state index contributed by atoms with van der Waals surface area (Å²) in [4.78, 5) is 34.2. The van der Waals surface area contributed by atoms with Gasteiger partial charge in [-0.05, 0) is 63.4 Å². The maximum atomic E-state index is 14.5. The number of Topliss-reactive ketones (excluding diaryl/α,β-unsaturated/α-hetero) is 2. The van der Waals surface area contributed by atoms with Crippen molar-refractivity contribution in [3.8, 4) is 0 Å². The number of ketones is 2. The van der Waals surface area contributed by atoms with Gasteiger partial charge < -0.3 is 40.2 Å². The molecule has 3 aliphatic rings. The van der Waals surface area contributed by atoms with E-state index in [0.29, 0.717) is 120 Å². The predicted octanol–water partition coefficient (Wildman–Crippen LogP) is 6.83. The zero-order valence-electron chi connectivity index (χ0n) is 33.9. The zero-order chi connectivity index (χ0) is 39.5. The van der Waals surface area contributed by atoms with E-state index >= 15 is 0 Å². The van der Waals surface area contributed by atoms with E-state index in [-0.39, 0.29) is 24.7 Å². The predicted molar refractivity (Wildman–Crippen MR) is 218 cm³/mol. The van der Waals surface area contributed by atoms with Crippen LogP contribution in [-0.4, -0.2) is 108 Å².